The number of amides is 1. The smallest absolute Gasteiger partial charge is 0.252 e. The third-order valence-electron chi connectivity index (χ3n) is 2.03. The molecule has 1 aromatic rings. The molecule has 1 aliphatic heterocycles. The summed E-state index contributed by atoms with van der Waals surface area (Å²) in [6.45, 7) is 2.81. The van der Waals surface area contributed by atoms with Crippen LogP contribution in [0.2, 0.25) is 0 Å². The van der Waals surface area contributed by atoms with Crippen LogP contribution in [0.5, 0.6) is 0 Å². The van der Waals surface area contributed by atoms with Crippen LogP contribution in [0.1, 0.15) is 15.9 Å². The highest BCUT2D eigenvalue weighted by atomic mass is 32.2. The minimum atomic E-state index is 0.0556. The summed E-state index contributed by atoms with van der Waals surface area (Å²) >= 11 is 1.74. The molecule has 0 aliphatic carbocycles. The van der Waals surface area contributed by atoms with Crippen LogP contribution in [0.4, 0.5) is 0 Å². The molecular weight excluding hydrogens is 182 g/mol. The van der Waals surface area contributed by atoms with Crippen molar-refractivity contribution < 1.29 is 4.79 Å². The van der Waals surface area contributed by atoms with E-state index in [1.165, 1.54) is 5.56 Å². The van der Waals surface area contributed by atoms with E-state index < -0.39 is 0 Å². The summed E-state index contributed by atoms with van der Waals surface area (Å²) in [5.74, 6) is 1.02. The zero-order valence-corrected chi connectivity index (χ0v) is 8.28. The van der Waals surface area contributed by atoms with Gasteiger partial charge < -0.3 is 5.32 Å². The Kier molecular flexibility index (Phi) is 2.27. The number of hydrogen-bond donors (Lipinski definition) is 1. The number of nitrogens with one attached hydrogen (secondary N) is 1. The Bertz CT molecular complexity index is 349. The van der Waals surface area contributed by atoms with Crippen LogP contribution in [-0.2, 0) is 0 Å². The lowest BCUT2D eigenvalue weighted by atomic mass is 10.1. The van der Waals surface area contributed by atoms with Crippen LogP contribution >= 0.6 is 11.8 Å². The van der Waals surface area contributed by atoms with E-state index in [0.29, 0.717) is 0 Å². The number of benzene rings is 1. The Morgan fingerprint density at radius 1 is 1.46 bits per heavy atom. The first-order chi connectivity index (χ1) is 6.27. The number of carbonyl (C=O) groups excluding carboxylic acids is 1. The molecule has 1 N–H and O–H groups in total. The molecule has 0 fully saturated rings. The molecule has 0 unspecified atom stereocenters. The Hall–Kier alpha value is -0.960. The molecule has 2 nitrogen and oxygen atoms in total. The molecule has 13 heavy (non-hydrogen) atoms. The van der Waals surface area contributed by atoms with Crippen molar-refractivity contribution in [2.45, 2.75) is 11.8 Å². The molecule has 1 aliphatic rings. The van der Waals surface area contributed by atoms with Gasteiger partial charge in [-0.15, -0.1) is 11.8 Å². The number of carbonyl (C=O) groups is 1. The Balaban J connectivity index is 2.48. The highest BCUT2D eigenvalue weighted by Crippen LogP contribution is 2.25. The maximum atomic E-state index is 11.5. The minimum Gasteiger partial charge on any atom is -0.351 e. The second kappa shape index (κ2) is 3.42. The Labute approximate surface area is 81.7 Å². The van der Waals surface area contributed by atoms with Crippen molar-refractivity contribution in [3.8, 4) is 0 Å². The lowest BCUT2D eigenvalue weighted by Crippen LogP contribution is -2.23. The summed E-state index contributed by atoms with van der Waals surface area (Å²) in [6.07, 6.45) is 0. The van der Waals surface area contributed by atoms with Gasteiger partial charge in [-0.1, -0.05) is 6.07 Å². The lowest BCUT2D eigenvalue weighted by molar-refractivity contribution is 0.0954. The molecular formula is C10H11NOS. The SMILES string of the molecule is Cc1ccc2c(c1)SCCNC2=O. The molecule has 0 bridgehead atoms. The highest BCUT2D eigenvalue weighted by Gasteiger charge is 2.14. The number of hydrogen-bond acceptors (Lipinski definition) is 2. The first-order valence-electron chi connectivity index (χ1n) is 4.29. The van der Waals surface area contributed by atoms with Gasteiger partial charge in [0.15, 0.2) is 0 Å². The summed E-state index contributed by atoms with van der Waals surface area (Å²) in [7, 11) is 0. The number of fused-ring (bicyclic) bond motifs is 1. The van der Waals surface area contributed by atoms with Gasteiger partial charge in [-0.05, 0) is 24.6 Å². The molecule has 0 atom stereocenters. The zero-order chi connectivity index (χ0) is 9.26. The van der Waals surface area contributed by atoms with E-state index in [2.05, 4.69) is 11.4 Å². The fourth-order valence-corrected chi connectivity index (χ4v) is 2.37. The summed E-state index contributed by atoms with van der Waals surface area (Å²) in [5, 5.41) is 2.86. The molecule has 0 spiro atoms. The molecule has 0 radical (unpaired) electrons. The molecule has 1 aromatic carbocycles. The van der Waals surface area contributed by atoms with Crippen LogP contribution in [0.15, 0.2) is 23.1 Å². The Morgan fingerprint density at radius 3 is 3.15 bits per heavy atom. The molecule has 0 aromatic heterocycles. The maximum absolute atomic E-state index is 11.5. The quantitative estimate of drug-likeness (QED) is 0.681. The standard InChI is InChI=1S/C10H11NOS/c1-7-2-3-8-9(6-7)13-5-4-11-10(8)12/h2-3,6H,4-5H2,1H3,(H,11,12). The monoisotopic (exact) mass is 193 g/mol. The summed E-state index contributed by atoms with van der Waals surface area (Å²) < 4.78 is 0. The van der Waals surface area contributed by atoms with Gasteiger partial charge >= 0.3 is 0 Å². The first kappa shape index (κ1) is 8.63. The van der Waals surface area contributed by atoms with Crippen LogP contribution in [0.3, 0.4) is 0 Å². The lowest BCUT2D eigenvalue weighted by Gasteiger charge is -2.03. The van der Waals surface area contributed by atoms with Gasteiger partial charge in [0, 0.05) is 17.2 Å². The highest BCUT2D eigenvalue weighted by molar-refractivity contribution is 7.99. The fourth-order valence-electron chi connectivity index (χ4n) is 1.36. The van der Waals surface area contributed by atoms with Crippen molar-refractivity contribution in [2.75, 3.05) is 12.3 Å². The fraction of sp³-hybridized carbons (Fsp3) is 0.300. The van der Waals surface area contributed by atoms with E-state index in [1.54, 1.807) is 11.8 Å². The van der Waals surface area contributed by atoms with Crippen LogP contribution in [-0.4, -0.2) is 18.2 Å². The maximum Gasteiger partial charge on any atom is 0.252 e. The molecule has 1 amide bonds. The van der Waals surface area contributed by atoms with Crippen molar-refractivity contribution in [3.05, 3.63) is 29.3 Å². The molecule has 2 rings (SSSR count). The molecule has 68 valence electrons. The number of rotatable bonds is 0. The molecule has 3 heteroatoms. The second-order valence-electron chi connectivity index (χ2n) is 3.10. The topological polar surface area (TPSA) is 29.1 Å². The largest absolute Gasteiger partial charge is 0.351 e. The van der Waals surface area contributed by atoms with Crippen molar-refractivity contribution in [2.24, 2.45) is 0 Å². The number of aryl methyl sites for hydroxylation is 1. The van der Waals surface area contributed by atoms with E-state index in [1.807, 2.05) is 19.1 Å². The molecule has 0 saturated heterocycles. The van der Waals surface area contributed by atoms with E-state index in [9.17, 15) is 4.79 Å². The second-order valence-corrected chi connectivity index (χ2v) is 4.24. The summed E-state index contributed by atoms with van der Waals surface area (Å²) in [5.41, 5.74) is 2.02. The summed E-state index contributed by atoms with van der Waals surface area (Å²) in [6, 6.07) is 5.95. The number of thioether (sulfide) groups is 1. The van der Waals surface area contributed by atoms with Crippen LogP contribution < -0.4 is 5.32 Å². The minimum absolute atomic E-state index is 0.0556. The first-order valence-corrected chi connectivity index (χ1v) is 5.27. The van der Waals surface area contributed by atoms with Gasteiger partial charge in [0.05, 0.1) is 5.56 Å². The van der Waals surface area contributed by atoms with Gasteiger partial charge in [0.1, 0.15) is 0 Å². The third kappa shape index (κ3) is 1.70. The molecule has 1 heterocycles. The van der Waals surface area contributed by atoms with Gasteiger partial charge in [-0.2, -0.15) is 0 Å². The van der Waals surface area contributed by atoms with Crippen LogP contribution in [0, 0.1) is 6.92 Å². The third-order valence-corrected chi connectivity index (χ3v) is 3.08. The van der Waals surface area contributed by atoms with Gasteiger partial charge in [-0.3, -0.25) is 4.79 Å². The molecule has 0 saturated carbocycles. The van der Waals surface area contributed by atoms with Crippen molar-refractivity contribution in [1.29, 1.82) is 0 Å². The van der Waals surface area contributed by atoms with Crippen molar-refractivity contribution in [1.82, 2.24) is 5.32 Å². The van der Waals surface area contributed by atoms with Gasteiger partial charge in [0.25, 0.3) is 5.91 Å². The Morgan fingerprint density at radius 2 is 2.31 bits per heavy atom. The van der Waals surface area contributed by atoms with Crippen molar-refractivity contribution in [3.63, 3.8) is 0 Å². The van der Waals surface area contributed by atoms with E-state index in [-0.39, 0.29) is 5.91 Å². The zero-order valence-electron chi connectivity index (χ0n) is 7.46. The van der Waals surface area contributed by atoms with E-state index in [0.717, 1.165) is 22.8 Å². The van der Waals surface area contributed by atoms with E-state index in [4.69, 9.17) is 0 Å². The predicted octanol–water partition coefficient (Wildman–Crippen LogP) is 1.83. The normalized spacial score (nSPS) is 15.9. The predicted molar refractivity (Wildman–Crippen MR) is 54.2 cm³/mol. The average molecular weight is 193 g/mol. The van der Waals surface area contributed by atoms with Gasteiger partial charge in [-0.25, -0.2) is 0 Å². The van der Waals surface area contributed by atoms with E-state index >= 15 is 0 Å². The van der Waals surface area contributed by atoms with Gasteiger partial charge in [0.2, 0.25) is 0 Å². The van der Waals surface area contributed by atoms with Crippen molar-refractivity contribution >= 4 is 17.7 Å². The summed E-state index contributed by atoms with van der Waals surface area (Å²) in [4.78, 5) is 12.6. The van der Waals surface area contributed by atoms with Crippen LogP contribution in [0.25, 0.3) is 0 Å². The average Bonchev–Trinajstić information content (AvgIpc) is 2.28.